The number of aryl methyl sites for hydroxylation is 2. The molecule has 0 radical (unpaired) electrons. The smallest absolute Gasteiger partial charge is 0.00725 e. The van der Waals surface area contributed by atoms with Crippen LogP contribution in [0.1, 0.15) is 42.0 Å². The predicted octanol–water partition coefficient (Wildman–Crippen LogP) is 6.38. The second-order valence-electron chi connectivity index (χ2n) is 6.18. The van der Waals surface area contributed by atoms with Gasteiger partial charge in [-0.25, -0.2) is 0 Å². The molecular weight excluding hydrogens is 276 g/mol. The lowest BCUT2D eigenvalue weighted by Gasteiger charge is -2.22. The molecule has 0 aliphatic rings. The molecule has 1 unspecified atom stereocenters. The molecular formula is C23H24. The van der Waals surface area contributed by atoms with Crippen LogP contribution in [0.3, 0.4) is 0 Å². The van der Waals surface area contributed by atoms with Gasteiger partial charge < -0.3 is 0 Å². The van der Waals surface area contributed by atoms with Gasteiger partial charge in [0.2, 0.25) is 0 Å². The highest BCUT2D eigenvalue weighted by molar-refractivity contribution is 5.70. The Morgan fingerprint density at radius 1 is 0.783 bits per heavy atom. The van der Waals surface area contributed by atoms with Crippen molar-refractivity contribution in [3.63, 3.8) is 0 Å². The summed E-state index contributed by atoms with van der Waals surface area (Å²) in [5, 5.41) is 0. The Bertz CT molecular complexity index is 784. The summed E-state index contributed by atoms with van der Waals surface area (Å²) in [5.41, 5.74) is 8.35. The molecule has 0 fully saturated rings. The van der Waals surface area contributed by atoms with Gasteiger partial charge in [-0.2, -0.15) is 0 Å². The van der Waals surface area contributed by atoms with Crippen molar-refractivity contribution in [3.8, 4) is 11.1 Å². The molecule has 1 atom stereocenters. The lowest BCUT2D eigenvalue weighted by molar-refractivity contribution is 0.886. The molecule has 0 heterocycles. The van der Waals surface area contributed by atoms with Crippen molar-refractivity contribution < 1.29 is 0 Å². The molecule has 0 aliphatic heterocycles. The van der Waals surface area contributed by atoms with Crippen LogP contribution < -0.4 is 0 Å². The van der Waals surface area contributed by atoms with Crippen LogP contribution >= 0.6 is 0 Å². The van der Waals surface area contributed by atoms with Crippen LogP contribution in [0.25, 0.3) is 11.1 Å². The minimum atomic E-state index is 0.391. The van der Waals surface area contributed by atoms with E-state index in [2.05, 4.69) is 93.6 Å². The minimum Gasteiger partial charge on any atom is -0.0622 e. The molecule has 0 spiro atoms. The molecule has 0 saturated carbocycles. The fourth-order valence-electron chi connectivity index (χ4n) is 3.56. The van der Waals surface area contributed by atoms with E-state index in [1.807, 2.05) is 0 Å². The van der Waals surface area contributed by atoms with E-state index in [0.717, 1.165) is 6.42 Å². The molecule has 3 aromatic carbocycles. The van der Waals surface area contributed by atoms with Gasteiger partial charge in [0, 0.05) is 5.92 Å². The van der Waals surface area contributed by atoms with E-state index in [9.17, 15) is 0 Å². The second-order valence-corrected chi connectivity index (χ2v) is 6.18. The number of hydrogen-bond donors (Lipinski definition) is 0. The van der Waals surface area contributed by atoms with E-state index in [1.165, 1.54) is 33.4 Å². The molecule has 0 heteroatoms. The normalized spacial score (nSPS) is 12.1. The fraction of sp³-hybridized carbons (Fsp3) is 0.217. The molecule has 116 valence electrons. The Balaban J connectivity index is 2.16. The average Bonchev–Trinajstić information content (AvgIpc) is 2.61. The van der Waals surface area contributed by atoms with Gasteiger partial charge in [-0.1, -0.05) is 86.6 Å². The Hall–Kier alpha value is -2.34. The first-order chi connectivity index (χ1) is 11.2. The molecule has 0 aromatic heterocycles. The Morgan fingerprint density at radius 2 is 1.48 bits per heavy atom. The van der Waals surface area contributed by atoms with Gasteiger partial charge in [0.15, 0.2) is 0 Å². The topological polar surface area (TPSA) is 0 Å². The van der Waals surface area contributed by atoms with Crippen molar-refractivity contribution in [3.05, 3.63) is 95.1 Å². The lowest BCUT2D eigenvalue weighted by Crippen LogP contribution is -2.04. The van der Waals surface area contributed by atoms with Gasteiger partial charge >= 0.3 is 0 Å². The van der Waals surface area contributed by atoms with Crippen molar-refractivity contribution in [1.82, 2.24) is 0 Å². The molecule has 23 heavy (non-hydrogen) atoms. The summed E-state index contributed by atoms with van der Waals surface area (Å²) in [5.74, 6) is 0.391. The van der Waals surface area contributed by atoms with E-state index >= 15 is 0 Å². The summed E-state index contributed by atoms with van der Waals surface area (Å²) in [4.78, 5) is 0. The van der Waals surface area contributed by atoms with E-state index in [-0.39, 0.29) is 0 Å². The Morgan fingerprint density at radius 3 is 2.22 bits per heavy atom. The zero-order chi connectivity index (χ0) is 16.2. The van der Waals surface area contributed by atoms with Crippen LogP contribution in [0.5, 0.6) is 0 Å². The van der Waals surface area contributed by atoms with E-state index < -0.39 is 0 Å². The third-order valence-electron chi connectivity index (χ3n) is 4.74. The van der Waals surface area contributed by atoms with Crippen molar-refractivity contribution >= 4 is 0 Å². The minimum absolute atomic E-state index is 0.391. The third kappa shape index (κ3) is 3.07. The zero-order valence-corrected chi connectivity index (χ0v) is 14.2. The Labute approximate surface area is 139 Å². The monoisotopic (exact) mass is 300 g/mol. The van der Waals surface area contributed by atoms with Crippen LogP contribution in [-0.4, -0.2) is 0 Å². The highest BCUT2D eigenvalue weighted by Crippen LogP contribution is 2.36. The molecule has 0 saturated heterocycles. The van der Waals surface area contributed by atoms with Crippen LogP contribution in [0.15, 0.2) is 72.8 Å². The summed E-state index contributed by atoms with van der Waals surface area (Å²) in [6.45, 7) is 6.80. The highest BCUT2D eigenvalue weighted by Gasteiger charge is 2.18. The van der Waals surface area contributed by atoms with E-state index in [1.54, 1.807) is 0 Å². The number of benzene rings is 3. The van der Waals surface area contributed by atoms with Crippen LogP contribution in [-0.2, 0) is 6.42 Å². The maximum absolute atomic E-state index is 2.34. The van der Waals surface area contributed by atoms with Crippen molar-refractivity contribution in [1.29, 1.82) is 0 Å². The lowest BCUT2D eigenvalue weighted by atomic mass is 9.82. The quantitative estimate of drug-likeness (QED) is 0.524. The predicted molar refractivity (Wildman–Crippen MR) is 100.0 cm³/mol. The number of rotatable bonds is 4. The summed E-state index contributed by atoms with van der Waals surface area (Å²) >= 11 is 0. The van der Waals surface area contributed by atoms with Crippen LogP contribution in [0.2, 0.25) is 0 Å². The van der Waals surface area contributed by atoms with Crippen molar-refractivity contribution in [2.45, 2.75) is 33.1 Å². The largest absolute Gasteiger partial charge is 0.0622 e. The molecule has 0 amide bonds. The highest BCUT2D eigenvalue weighted by atomic mass is 14.2. The average molecular weight is 300 g/mol. The Kier molecular flexibility index (Phi) is 4.62. The molecule has 3 aromatic rings. The first-order valence-corrected chi connectivity index (χ1v) is 8.45. The van der Waals surface area contributed by atoms with Gasteiger partial charge in [-0.15, -0.1) is 0 Å². The van der Waals surface area contributed by atoms with Gasteiger partial charge in [0.25, 0.3) is 0 Å². The van der Waals surface area contributed by atoms with Gasteiger partial charge in [-0.05, 0) is 46.7 Å². The SMILES string of the molecule is CCc1ccccc1C(C)c1c(C)cccc1-c1ccccc1. The maximum atomic E-state index is 2.34. The molecule has 0 bridgehead atoms. The molecule has 3 rings (SSSR count). The van der Waals surface area contributed by atoms with Crippen LogP contribution in [0.4, 0.5) is 0 Å². The third-order valence-corrected chi connectivity index (χ3v) is 4.74. The summed E-state index contributed by atoms with van der Waals surface area (Å²) < 4.78 is 0. The first-order valence-electron chi connectivity index (χ1n) is 8.45. The van der Waals surface area contributed by atoms with Gasteiger partial charge in [0.1, 0.15) is 0 Å². The summed E-state index contributed by atoms with van der Waals surface area (Å²) in [7, 11) is 0. The van der Waals surface area contributed by atoms with Gasteiger partial charge in [0.05, 0.1) is 0 Å². The van der Waals surface area contributed by atoms with Crippen molar-refractivity contribution in [2.75, 3.05) is 0 Å². The van der Waals surface area contributed by atoms with E-state index in [0.29, 0.717) is 5.92 Å². The van der Waals surface area contributed by atoms with E-state index in [4.69, 9.17) is 0 Å². The second kappa shape index (κ2) is 6.83. The molecule has 0 N–H and O–H groups in total. The molecule has 0 aliphatic carbocycles. The zero-order valence-electron chi connectivity index (χ0n) is 14.2. The summed E-state index contributed by atoms with van der Waals surface area (Å²) in [6.07, 6.45) is 1.08. The molecule has 0 nitrogen and oxygen atoms in total. The fourth-order valence-corrected chi connectivity index (χ4v) is 3.56. The van der Waals surface area contributed by atoms with Gasteiger partial charge in [-0.3, -0.25) is 0 Å². The maximum Gasteiger partial charge on any atom is 0.00725 e. The van der Waals surface area contributed by atoms with Crippen molar-refractivity contribution in [2.24, 2.45) is 0 Å². The van der Waals surface area contributed by atoms with Crippen LogP contribution in [0, 0.1) is 6.92 Å². The number of hydrogen-bond acceptors (Lipinski definition) is 0. The summed E-state index contributed by atoms with van der Waals surface area (Å²) in [6, 6.07) is 26.2. The first kappa shape index (κ1) is 15.6. The standard InChI is InChI=1S/C23H24/c1-4-19-12-8-9-15-21(19)18(3)23-17(2)11-10-16-22(23)20-13-6-5-7-14-20/h5-16,18H,4H2,1-3H3.